The largest absolute Gasteiger partial charge is 0.452 e. The number of hydrogen-bond donors (Lipinski definition) is 0. The molecule has 33 heavy (non-hydrogen) atoms. The minimum Gasteiger partial charge on any atom is -0.452 e. The molecule has 0 N–H and O–H groups in total. The molecule has 1 saturated heterocycles. The van der Waals surface area contributed by atoms with Crippen LogP contribution in [0.1, 0.15) is 36.8 Å². The summed E-state index contributed by atoms with van der Waals surface area (Å²) in [5.74, 6) is 0.0324. The highest BCUT2D eigenvalue weighted by Gasteiger charge is 2.50. The number of carbonyl (C=O) groups is 2. The molecular formula is C29H29NO3. The number of benzene rings is 3. The third kappa shape index (κ3) is 4.70. The molecule has 3 aromatic rings. The molecule has 1 saturated carbocycles. The van der Waals surface area contributed by atoms with E-state index >= 15 is 0 Å². The molecular weight excluding hydrogens is 410 g/mol. The van der Waals surface area contributed by atoms with E-state index in [1.165, 1.54) is 0 Å². The van der Waals surface area contributed by atoms with E-state index in [9.17, 15) is 9.59 Å². The summed E-state index contributed by atoms with van der Waals surface area (Å²) in [7, 11) is 0. The summed E-state index contributed by atoms with van der Waals surface area (Å²) >= 11 is 0. The Balaban J connectivity index is 1.44. The van der Waals surface area contributed by atoms with Crippen LogP contribution in [0, 0.1) is 5.92 Å². The Morgan fingerprint density at radius 2 is 1.42 bits per heavy atom. The highest BCUT2D eigenvalue weighted by Crippen LogP contribution is 2.41. The smallest absolute Gasteiger partial charge is 0.337 e. The monoisotopic (exact) mass is 439 g/mol. The van der Waals surface area contributed by atoms with Crippen LogP contribution in [0.15, 0.2) is 91.0 Å². The van der Waals surface area contributed by atoms with Crippen molar-refractivity contribution in [2.45, 2.75) is 43.7 Å². The number of Topliss-reactive ketones (excluding diaryl/α,β-unsaturated/α-hetero) is 1. The van der Waals surface area contributed by atoms with Gasteiger partial charge in [0.2, 0.25) is 0 Å². The fraction of sp³-hybridized carbons (Fsp3) is 0.310. The Morgan fingerprint density at radius 3 is 2.03 bits per heavy atom. The van der Waals surface area contributed by atoms with Crippen molar-refractivity contribution in [3.05, 3.63) is 102 Å². The highest BCUT2D eigenvalue weighted by atomic mass is 16.6. The fourth-order valence-corrected chi connectivity index (χ4v) is 4.83. The number of nitrogens with zero attached hydrogens (tertiary/aromatic N) is 1. The van der Waals surface area contributed by atoms with Crippen molar-refractivity contribution in [2.24, 2.45) is 5.92 Å². The summed E-state index contributed by atoms with van der Waals surface area (Å²) in [4.78, 5) is 29.2. The van der Waals surface area contributed by atoms with Crippen LogP contribution in [0.4, 0.5) is 5.69 Å². The zero-order valence-corrected chi connectivity index (χ0v) is 18.7. The summed E-state index contributed by atoms with van der Waals surface area (Å²) in [5, 5.41) is 0. The average molecular weight is 440 g/mol. The number of cyclic esters (lactones) is 1. The zero-order valence-electron chi connectivity index (χ0n) is 18.7. The van der Waals surface area contributed by atoms with Crippen molar-refractivity contribution in [2.75, 3.05) is 11.4 Å². The number of esters is 1. The molecule has 3 aromatic carbocycles. The van der Waals surface area contributed by atoms with E-state index in [1.54, 1.807) is 0 Å². The number of rotatable bonds is 8. The molecule has 0 bridgehead atoms. The first-order chi connectivity index (χ1) is 16.1. The van der Waals surface area contributed by atoms with Crippen molar-refractivity contribution in [3.63, 3.8) is 0 Å². The molecule has 1 aliphatic heterocycles. The van der Waals surface area contributed by atoms with Gasteiger partial charge in [0.25, 0.3) is 0 Å². The number of ketones is 1. The second-order valence-corrected chi connectivity index (χ2v) is 9.24. The molecule has 4 heteroatoms. The van der Waals surface area contributed by atoms with Crippen molar-refractivity contribution < 1.29 is 14.3 Å². The summed E-state index contributed by atoms with van der Waals surface area (Å²) in [5.41, 5.74) is 2.01. The predicted octanol–water partition coefficient (Wildman–Crippen LogP) is 5.32. The minimum atomic E-state index is -0.941. The molecule has 1 aliphatic carbocycles. The van der Waals surface area contributed by atoms with Gasteiger partial charge in [0.15, 0.2) is 11.8 Å². The van der Waals surface area contributed by atoms with E-state index in [0.717, 1.165) is 36.1 Å². The lowest BCUT2D eigenvalue weighted by atomic mass is 9.80. The van der Waals surface area contributed by atoms with Crippen LogP contribution >= 0.6 is 0 Å². The van der Waals surface area contributed by atoms with Crippen molar-refractivity contribution >= 4 is 17.4 Å². The van der Waals surface area contributed by atoms with Gasteiger partial charge in [-0.15, -0.1) is 0 Å². The number of para-hydroxylation sites is 1. The Morgan fingerprint density at radius 1 is 0.818 bits per heavy atom. The summed E-state index contributed by atoms with van der Waals surface area (Å²) in [6.07, 6.45) is 3.77. The van der Waals surface area contributed by atoms with E-state index in [4.69, 9.17) is 4.74 Å². The van der Waals surface area contributed by atoms with E-state index in [0.29, 0.717) is 18.9 Å². The first-order valence-corrected chi connectivity index (χ1v) is 11.8. The fourth-order valence-electron chi connectivity index (χ4n) is 4.83. The molecule has 4 nitrogen and oxygen atoms in total. The molecule has 2 fully saturated rings. The lowest BCUT2D eigenvalue weighted by molar-refractivity contribution is -0.175. The van der Waals surface area contributed by atoms with E-state index in [-0.39, 0.29) is 12.2 Å². The first-order valence-electron chi connectivity index (χ1n) is 11.8. The summed E-state index contributed by atoms with van der Waals surface area (Å²) in [6.45, 7) is 0.706. The summed E-state index contributed by atoms with van der Waals surface area (Å²) in [6, 6.07) is 28.8. The van der Waals surface area contributed by atoms with Crippen LogP contribution in [0.5, 0.6) is 0 Å². The zero-order chi connectivity index (χ0) is 22.7. The maximum Gasteiger partial charge on any atom is 0.337 e. The van der Waals surface area contributed by atoms with Gasteiger partial charge in [-0.2, -0.15) is 0 Å². The number of carbonyl (C=O) groups excluding carboxylic acids is 2. The molecule has 5 rings (SSSR count). The Labute approximate surface area is 195 Å². The lowest BCUT2D eigenvalue weighted by Gasteiger charge is -2.42. The standard InChI is InChI=1S/C29H29NO3/c31-26-20-29(24-12-6-2-7-13-24,19-18-22-10-4-1-5-11-22)33-28(32)27(26)30(21-23-16-17-23)25-14-8-3-9-15-25/h1-15,23,27H,16-21H2. The van der Waals surface area contributed by atoms with Gasteiger partial charge in [-0.25, -0.2) is 4.79 Å². The molecule has 0 aromatic heterocycles. The van der Waals surface area contributed by atoms with Crippen LogP contribution in [0.25, 0.3) is 0 Å². The second kappa shape index (κ2) is 9.22. The van der Waals surface area contributed by atoms with Crippen molar-refractivity contribution in [3.8, 4) is 0 Å². The predicted molar refractivity (Wildman–Crippen MR) is 129 cm³/mol. The summed E-state index contributed by atoms with van der Waals surface area (Å²) < 4.78 is 6.27. The van der Waals surface area contributed by atoms with Gasteiger partial charge in [-0.3, -0.25) is 4.79 Å². The highest BCUT2D eigenvalue weighted by molar-refractivity contribution is 6.08. The Hall–Kier alpha value is -3.40. The third-order valence-corrected chi connectivity index (χ3v) is 6.80. The van der Waals surface area contributed by atoms with Crippen molar-refractivity contribution in [1.29, 1.82) is 0 Å². The normalized spacial score (nSPS) is 22.6. The Kier molecular flexibility index (Phi) is 5.99. The minimum absolute atomic E-state index is 0.0623. The molecule has 1 heterocycles. The van der Waals surface area contributed by atoms with Crippen molar-refractivity contribution in [1.82, 2.24) is 0 Å². The van der Waals surface area contributed by atoms with Crippen LogP contribution in [0.2, 0.25) is 0 Å². The molecule has 0 spiro atoms. The van der Waals surface area contributed by atoms with Gasteiger partial charge in [-0.1, -0.05) is 78.9 Å². The molecule has 2 aliphatic rings. The molecule has 2 unspecified atom stereocenters. The van der Waals surface area contributed by atoms with Crippen LogP contribution in [-0.2, 0) is 26.3 Å². The van der Waals surface area contributed by atoms with Gasteiger partial charge >= 0.3 is 5.97 Å². The van der Waals surface area contributed by atoms with Crippen LogP contribution in [0.3, 0.4) is 0 Å². The average Bonchev–Trinajstić information content (AvgIpc) is 3.68. The van der Waals surface area contributed by atoms with Crippen LogP contribution in [-0.4, -0.2) is 24.3 Å². The maximum atomic E-state index is 13.7. The molecule has 0 radical (unpaired) electrons. The van der Waals surface area contributed by atoms with Gasteiger partial charge in [0, 0.05) is 12.2 Å². The van der Waals surface area contributed by atoms with E-state index in [2.05, 4.69) is 12.1 Å². The maximum absolute atomic E-state index is 13.7. The second-order valence-electron chi connectivity index (χ2n) is 9.24. The van der Waals surface area contributed by atoms with E-state index < -0.39 is 17.6 Å². The SMILES string of the molecule is O=C1CC(CCc2ccccc2)(c2ccccc2)OC(=O)C1N(CC1CC1)c1ccccc1. The third-order valence-electron chi connectivity index (χ3n) is 6.80. The number of hydrogen-bond acceptors (Lipinski definition) is 4. The molecule has 2 atom stereocenters. The number of anilines is 1. The van der Waals surface area contributed by atoms with Gasteiger partial charge in [-0.05, 0) is 54.9 Å². The quantitative estimate of drug-likeness (QED) is 0.352. The number of ether oxygens (including phenoxy) is 1. The molecule has 0 amide bonds. The molecule has 168 valence electrons. The Bertz CT molecular complexity index is 1080. The topological polar surface area (TPSA) is 46.6 Å². The number of aryl methyl sites for hydroxylation is 1. The van der Waals surface area contributed by atoms with Crippen LogP contribution < -0.4 is 4.90 Å². The van der Waals surface area contributed by atoms with Gasteiger partial charge < -0.3 is 9.64 Å². The van der Waals surface area contributed by atoms with E-state index in [1.807, 2.05) is 83.8 Å². The van der Waals surface area contributed by atoms with Gasteiger partial charge in [0.1, 0.15) is 5.60 Å². The first kappa shape index (κ1) is 21.4. The lowest BCUT2D eigenvalue weighted by Crippen LogP contribution is -2.57. The van der Waals surface area contributed by atoms with Gasteiger partial charge in [0.05, 0.1) is 6.42 Å².